The number of hydrogen-bond acceptors (Lipinski definition) is 4. The van der Waals surface area contributed by atoms with Crippen LogP contribution in [0.2, 0.25) is 10.0 Å². The van der Waals surface area contributed by atoms with Gasteiger partial charge in [0, 0.05) is 17.6 Å². The van der Waals surface area contributed by atoms with Gasteiger partial charge >= 0.3 is 0 Å². The molecule has 0 bridgehead atoms. The van der Waals surface area contributed by atoms with Crippen molar-refractivity contribution >= 4 is 29.1 Å². The number of halogens is 2. The lowest BCUT2D eigenvalue weighted by Gasteiger charge is -2.10. The van der Waals surface area contributed by atoms with Gasteiger partial charge in [0.25, 0.3) is 5.91 Å². The number of nitrogens with one attached hydrogen (secondary N) is 1. The molecule has 0 spiro atoms. The molecule has 5 nitrogen and oxygen atoms in total. The van der Waals surface area contributed by atoms with Crippen molar-refractivity contribution in [2.45, 2.75) is 6.54 Å². The average Bonchev–Trinajstić information content (AvgIpc) is 2.54. The first kappa shape index (κ1) is 17.2. The fraction of sp³-hybridized carbons (Fsp3) is 0.188. The topological polar surface area (TPSA) is 67.8 Å². The molecule has 0 atom stereocenters. The standard InChI is InChI=1S/C16H15Cl2NO4/c1-22-15-6-10(2-5-13(15)20)8-19-16(21)9-23-14-7-11(17)3-4-12(14)18/h2-7,20H,8-9H2,1H3,(H,19,21). The highest BCUT2D eigenvalue weighted by Gasteiger charge is 2.08. The molecule has 0 aromatic heterocycles. The minimum atomic E-state index is -0.312. The number of hydrogen-bond donors (Lipinski definition) is 2. The molecule has 2 N–H and O–H groups in total. The third-order valence-electron chi connectivity index (χ3n) is 2.99. The van der Waals surface area contributed by atoms with Gasteiger partial charge in [0.05, 0.1) is 12.1 Å². The van der Waals surface area contributed by atoms with Crippen LogP contribution in [0.3, 0.4) is 0 Å². The molecule has 0 fully saturated rings. The lowest BCUT2D eigenvalue weighted by Crippen LogP contribution is -2.28. The molecule has 0 unspecified atom stereocenters. The molecule has 2 aromatic rings. The van der Waals surface area contributed by atoms with Crippen molar-refractivity contribution < 1.29 is 19.4 Å². The van der Waals surface area contributed by atoms with Crippen molar-refractivity contribution in [1.82, 2.24) is 5.32 Å². The van der Waals surface area contributed by atoms with Gasteiger partial charge in [0.2, 0.25) is 0 Å². The first-order valence-electron chi connectivity index (χ1n) is 6.70. The third kappa shape index (κ3) is 4.94. The Morgan fingerprint density at radius 3 is 2.70 bits per heavy atom. The number of phenols is 1. The van der Waals surface area contributed by atoms with Crippen molar-refractivity contribution in [3.63, 3.8) is 0 Å². The zero-order valence-electron chi connectivity index (χ0n) is 12.3. The average molecular weight is 356 g/mol. The first-order chi connectivity index (χ1) is 11.0. The summed E-state index contributed by atoms with van der Waals surface area (Å²) < 4.78 is 10.3. The summed E-state index contributed by atoms with van der Waals surface area (Å²) in [5.41, 5.74) is 0.786. The fourth-order valence-electron chi connectivity index (χ4n) is 1.81. The van der Waals surface area contributed by atoms with E-state index in [1.165, 1.54) is 13.2 Å². The number of methoxy groups -OCH3 is 1. The monoisotopic (exact) mass is 355 g/mol. The molecule has 0 heterocycles. The van der Waals surface area contributed by atoms with E-state index in [1.54, 1.807) is 30.3 Å². The summed E-state index contributed by atoms with van der Waals surface area (Å²) in [5.74, 6) is 0.425. The normalized spacial score (nSPS) is 10.2. The van der Waals surface area contributed by atoms with Crippen LogP contribution in [0.25, 0.3) is 0 Å². The first-order valence-corrected chi connectivity index (χ1v) is 7.45. The van der Waals surface area contributed by atoms with Gasteiger partial charge in [-0.25, -0.2) is 0 Å². The summed E-state index contributed by atoms with van der Waals surface area (Å²) in [7, 11) is 1.46. The summed E-state index contributed by atoms with van der Waals surface area (Å²) in [4.78, 5) is 11.8. The number of ether oxygens (including phenoxy) is 2. The summed E-state index contributed by atoms with van der Waals surface area (Å²) in [6, 6.07) is 9.61. The molecule has 0 saturated heterocycles. The van der Waals surface area contributed by atoms with Crippen LogP contribution in [0.5, 0.6) is 17.2 Å². The van der Waals surface area contributed by atoms with E-state index in [4.69, 9.17) is 32.7 Å². The van der Waals surface area contributed by atoms with Crippen LogP contribution in [-0.4, -0.2) is 24.7 Å². The minimum Gasteiger partial charge on any atom is -0.504 e. The number of aromatic hydroxyl groups is 1. The summed E-state index contributed by atoms with van der Waals surface area (Å²) in [6.07, 6.45) is 0. The van der Waals surface area contributed by atoms with E-state index in [0.29, 0.717) is 21.5 Å². The number of rotatable bonds is 6. The van der Waals surface area contributed by atoms with Crippen molar-refractivity contribution in [3.8, 4) is 17.2 Å². The molecule has 0 radical (unpaired) electrons. The Morgan fingerprint density at radius 1 is 1.17 bits per heavy atom. The summed E-state index contributed by atoms with van der Waals surface area (Å²) in [6.45, 7) is 0.0946. The maximum atomic E-state index is 11.8. The van der Waals surface area contributed by atoms with E-state index < -0.39 is 0 Å². The van der Waals surface area contributed by atoms with E-state index in [0.717, 1.165) is 5.56 Å². The lowest BCUT2D eigenvalue weighted by atomic mass is 10.2. The van der Waals surface area contributed by atoms with Gasteiger partial charge in [-0.15, -0.1) is 0 Å². The predicted octanol–water partition coefficient (Wildman–Crippen LogP) is 3.40. The minimum absolute atomic E-state index is 0.0431. The largest absolute Gasteiger partial charge is 0.504 e. The number of amides is 1. The Balaban J connectivity index is 1.87. The summed E-state index contributed by atoms with van der Waals surface area (Å²) >= 11 is 11.8. The van der Waals surface area contributed by atoms with Crippen molar-refractivity contribution in [3.05, 3.63) is 52.0 Å². The highest BCUT2D eigenvalue weighted by molar-refractivity contribution is 6.34. The Labute approximate surface area is 143 Å². The summed E-state index contributed by atoms with van der Waals surface area (Å²) in [5, 5.41) is 13.1. The quantitative estimate of drug-likeness (QED) is 0.833. The molecule has 0 saturated carbocycles. The predicted molar refractivity (Wildman–Crippen MR) is 88.5 cm³/mol. The zero-order valence-corrected chi connectivity index (χ0v) is 13.8. The number of carbonyl (C=O) groups excluding carboxylic acids is 1. The molecule has 7 heteroatoms. The second-order valence-corrected chi connectivity index (χ2v) is 5.49. The van der Waals surface area contributed by atoms with Gasteiger partial charge in [0.15, 0.2) is 18.1 Å². The van der Waals surface area contributed by atoms with Crippen LogP contribution in [0, 0.1) is 0 Å². The fourth-order valence-corrected chi connectivity index (χ4v) is 2.15. The molecule has 0 aliphatic carbocycles. The Bertz CT molecular complexity index is 706. The van der Waals surface area contributed by atoms with E-state index >= 15 is 0 Å². The van der Waals surface area contributed by atoms with Gasteiger partial charge in [-0.2, -0.15) is 0 Å². The lowest BCUT2D eigenvalue weighted by molar-refractivity contribution is -0.123. The van der Waals surface area contributed by atoms with E-state index in [2.05, 4.69) is 5.32 Å². The number of benzene rings is 2. The van der Waals surface area contributed by atoms with Crippen LogP contribution < -0.4 is 14.8 Å². The van der Waals surface area contributed by atoms with E-state index in [9.17, 15) is 9.90 Å². The van der Waals surface area contributed by atoms with Crippen LogP contribution >= 0.6 is 23.2 Å². The third-order valence-corrected chi connectivity index (χ3v) is 3.53. The van der Waals surface area contributed by atoms with Crippen LogP contribution in [-0.2, 0) is 11.3 Å². The molecular formula is C16H15Cl2NO4. The van der Waals surface area contributed by atoms with Crippen molar-refractivity contribution in [2.24, 2.45) is 0 Å². The zero-order chi connectivity index (χ0) is 16.8. The van der Waals surface area contributed by atoms with Gasteiger partial charge < -0.3 is 19.9 Å². The van der Waals surface area contributed by atoms with Crippen LogP contribution in [0.4, 0.5) is 0 Å². The van der Waals surface area contributed by atoms with Gasteiger partial charge in [-0.3, -0.25) is 4.79 Å². The smallest absolute Gasteiger partial charge is 0.258 e. The highest BCUT2D eigenvalue weighted by Crippen LogP contribution is 2.28. The second kappa shape index (κ2) is 7.94. The molecule has 2 rings (SSSR count). The Morgan fingerprint density at radius 2 is 1.96 bits per heavy atom. The SMILES string of the molecule is COc1cc(CNC(=O)COc2cc(Cl)ccc2Cl)ccc1O. The molecule has 0 aliphatic heterocycles. The van der Waals surface area contributed by atoms with Crippen LogP contribution in [0.15, 0.2) is 36.4 Å². The molecule has 0 aliphatic rings. The van der Waals surface area contributed by atoms with E-state index in [-0.39, 0.29) is 24.8 Å². The Kier molecular flexibility index (Phi) is 5.96. The molecule has 122 valence electrons. The number of phenolic OH excluding ortho intramolecular Hbond substituents is 1. The van der Waals surface area contributed by atoms with Gasteiger partial charge in [0.1, 0.15) is 5.75 Å². The Hall–Kier alpha value is -2.11. The molecule has 2 aromatic carbocycles. The molecular weight excluding hydrogens is 341 g/mol. The van der Waals surface area contributed by atoms with Crippen molar-refractivity contribution in [2.75, 3.05) is 13.7 Å². The van der Waals surface area contributed by atoms with Gasteiger partial charge in [-0.1, -0.05) is 29.3 Å². The maximum Gasteiger partial charge on any atom is 0.258 e. The molecule has 23 heavy (non-hydrogen) atoms. The second-order valence-electron chi connectivity index (χ2n) is 4.65. The maximum absolute atomic E-state index is 11.8. The van der Waals surface area contributed by atoms with Gasteiger partial charge in [-0.05, 0) is 29.8 Å². The van der Waals surface area contributed by atoms with Crippen molar-refractivity contribution in [1.29, 1.82) is 0 Å². The van der Waals surface area contributed by atoms with Crippen LogP contribution in [0.1, 0.15) is 5.56 Å². The van der Waals surface area contributed by atoms with E-state index in [1.807, 2.05) is 0 Å². The highest BCUT2D eigenvalue weighted by atomic mass is 35.5. The number of carbonyl (C=O) groups is 1. The molecule has 1 amide bonds.